The van der Waals surface area contributed by atoms with Gasteiger partial charge in [-0.1, -0.05) is 13.8 Å². The number of ether oxygens (including phenoxy) is 1. The Balaban J connectivity index is 2.49. The molecule has 0 aromatic heterocycles. The van der Waals surface area contributed by atoms with E-state index in [0.717, 1.165) is 6.42 Å². The van der Waals surface area contributed by atoms with Crippen LogP contribution in [-0.4, -0.2) is 36.0 Å². The molecule has 15 heavy (non-hydrogen) atoms. The highest BCUT2D eigenvalue weighted by Gasteiger charge is 2.49. The van der Waals surface area contributed by atoms with E-state index in [-0.39, 0.29) is 11.5 Å². The van der Waals surface area contributed by atoms with Gasteiger partial charge in [0.1, 0.15) is 0 Å². The summed E-state index contributed by atoms with van der Waals surface area (Å²) in [6.07, 6.45) is 1.37. The molecule has 0 aromatic rings. The van der Waals surface area contributed by atoms with Crippen molar-refractivity contribution in [1.29, 1.82) is 0 Å². The van der Waals surface area contributed by atoms with Crippen LogP contribution in [0.15, 0.2) is 0 Å². The van der Waals surface area contributed by atoms with Crippen LogP contribution < -0.4 is 5.32 Å². The summed E-state index contributed by atoms with van der Waals surface area (Å²) in [7, 11) is 1.77. The Kier molecular flexibility index (Phi) is 3.49. The monoisotopic (exact) mass is 215 g/mol. The van der Waals surface area contributed by atoms with Crippen LogP contribution in [0.4, 0.5) is 0 Å². The van der Waals surface area contributed by atoms with E-state index in [4.69, 9.17) is 4.74 Å². The molecular weight excluding hydrogens is 190 g/mol. The van der Waals surface area contributed by atoms with Gasteiger partial charge < -0.3 is 15.2 Å². The molecule has 0 bridgehead atoms. The molecule has 1 rings (SSSR count). The Morgan fingerprint density at radius 2 is 2.00 bits per heavy atom. The normalized spacial score (nSPS) is 32.2. The molecule has 1 saturated carbocycles. The smallest absolute Gasteiger partial charge is 0.0741 e. The zero-order chi connectivity index (χ0) is 11.9. The molecular formula is C12H25NO2. The van der Waals surface area contributed by atoms with Crippen molar-refractivity contribution in [2.24, 2.45) is 5.41 Å². The van der Waals surface area contributed by atoms with Crippen LogP contribution in [0.2, 0.25) is 0 Å². The number of methoxy groups -OCH3 is 1. The Morgan fingerprint density at radius 3 is 2.33 bits per heavy atom. The Bertz CT molecular complexity index is 220. The predicted octanol–water partition coefficient (Wildman–Crippen LogP) is 1.55. The molecule has 1 aliphatic rings. The summed E-state index contributed by atoms with van der Waals surface area (Å²) >= 11 is 0. The fraction of sp³-hybridized carbons (Fsp3) is 1.00. The quantitative estimate of drug-likeness (QED) is 0.747. The van der Waals surface area contributed by atoms with Crippen molar-refractivity contribution in [2.45, 2.75) is 64.8 Å². The maximum atomic E-state index is 9.85. The van der Waals surface area contributed by atoms with Gasteiger partial charge in [0.15, 0.2) is 0 Å². The van der Waals surface area contributed by atoms with E-state index in [1.165, 1.54) is 0 Å². The second kappa shape index (κ2) is 4.04. The highest BCUT2D eigenvalue weighted by atomic mass is 16.5. The molecule has 0 aliphatic heterocycles. The average Bonchev–Trinajstić information content (AvgIpc) is 2.09. The first-order chi connectivity index (χ1) is 6.69. The van der Waals surface area contributed by atoms with Gasteiger partial charge in [0, 0.05) is 24.6 Å². The van der Waals surface area contributed by atoms with E-state index >= 15 is 0 Å². The molecule has 0 amide bonds. The third kappa shape index (κ3) is 2.52. The lowest BCUT2D eigenvalue weighted by atomic mass is 9.64. The molecule has 0 spiro atoms. The molecule has 1 fully saturated rings. The molecule has 3 unspecified atom stereocenters. The molecule has 0 radical (unpaired) electrons. The fourth-order valence-corrected chi connectivity index (χ4v) is 2.07. The second-order valence-corrected chi connectivity index (χ2v) is 5.88. The Hall–Kier alpha value is -0.120. The zero-order valence-corrected chi connectivity index (χ0v) is 10.8. The fourth-order valence-electron chi connectivity index (χ4n) is 2.07. The van der Waals surface area contributed by atoms with E-state index in [2.05, 4.69) is 19.2 Å². The van der Waals surface area contributed by atoms with Gasteiger partial charge in [-0.3, -0.25) is 0 Å². The van der Waals surface area contributed by atoms with Gasteiger partial charge >= 0.3 is 0 Å². The highest BCUT2D eigenvalue weighted by Crippen LogP contribution is 2.42. The van der Waals surface area contributed by atoms with Crippen LogP contribution in [-0.2, 0) is 4.74 Å². The van der Waals surface area contributed by atoms with Crippen molar-refractivity contribution in [2.75, 3.05) is 7.11 Å². The minimum absolute atomic E-state index is 0.0968. The summed E-state index contributed by atoms with van der Waals surface area (Å²) in [6, 6.07) is 0.531. The van der Waals surface area contributed by atoms with Gasteiger partial charge in [-0.05, 0) is 27.2 Å². The second-order valence-electron chi connectivity index (χ2n) is 5.88. The topological polar surface area (TPSA) is 41.5 Å². The standard InChI is InChI=1S/C12H25NO2/c1-8(12(4,5)14)13-9-7-10(15-6)11(9,2)3/h8-10,13-14H,7H2,1-6H3. The molecule has 3 nitrogen and oxygen atoms in total. The van der Waals surface area contributed by atoms with Crippen molar-refractivity contribution in [3.63, 3.8) is 0 Å². The van der Waals surface area contributed by atoms with Crippen LogP contribution in [0.25, 0.3) is 0 Å². The van der Waals surface area contributed by atoms with Crippen molar-refractivity contribution in [3.05, 3.63) is 0 Å². The van der Waals surface area contributed by atoms with Gasteiger partial charge in [-0.25, -0.2) is 0 Å². The Labute approximate surface area is 93.2 Å². The lowest BCUT2D eigenvalue weighted by Crippen LogP contribution is -2.64. The molecule has 3 heteroatoms. The van der Waals surface area contributed by atoms with E-state index < -0.39 is 5.60 Å². The van der Waals surface area contributed by atoms with Crippen LogP contribution >= 0.6 is 0 Å². The van der Waals surface area contributed by atoms with Gasteiger partial charge in [0.2, 0.25) is 0 Å². The van der Waals surface area contributed by atoms with Crippen LogP contribution in [0.1, 0.15) is 41.0 Å². The van der Waals surface area contributed by atoms with Gasteiger partial charge in [0.25, 0.3) is 0 Å². The molecule has 0 saturated heterocycles. The Morgan fingerprint density at radius 1 is 1.47 bits per heavy atom. The van der Waals surface area contributed by atoms with Crippen LogP contribution in [0.3, 0.4) is 0 Å². The first kappa shape index (κ1) is 12.9. The zero-order valence-electron chi connectivity index (χ0n) is 10.8. The van der Waals surface area contributed by atoms with Crippen LogP contribution in [0, 0.1) is 5.41 Å². The summed E-state index contributed by atoms with van der Waals surface area (Å²) < 4.78 is 5.40. The molecule has 0 aromatic carbocycles. The van der Waals surface area contributed by atoms with Gasteiger partial charge in [-0.2, -0.15) is 0 Å². The number of hydrogen-bond acceptors (Lipinski definition) is 3. The number of aliphatic hydroxyl groups is 1. The minimum atomic E-state index is -0.672. The SMILES string of the molecule is COC1CC(NC(C)C(C)(C)O)C1(C)C. The molecule has 3 atom stereocenters. The maximum absolute atomic E-state index is 9.85. The predicted molar refractivity (Wildman–Crippen MR) is 61.9 cm³/mol. The van der Waals surface area contributed by atoms with E-state index in [1.807, 2.05) is 20.8 Å². The molecule has 0 heterocycles. The van der Waals surface area contributed by atoms with E-state index in [1.54, 1.807) is 7.11 Å². The number of hydrogen-bond donors (Lipinski definition) is 2. The van der Waals surface area contributed by atoms with E-state index in [0.29, 0.717) is 12.1 Å². The number of rotatable bonds is 4. The van der Waals surface area contributed by atoms with Gasteiger partial charge in [-0.15, -0.1) is 0 Å². The first-order valence-corrected chi connectivity index (χ1v) is 5.70. The third-order valence-electron chi connectivity index (χ3n) is 3.97. The van der Waals surface area contributed by atoms with Crippen molar-refractivity contribution < 1.29 is 9.84 Å². The lowest BCUT2D eigenvalue weighted by Gasteiger charge is -2.53. The number of nitrogens with one attached hydrogen (secondary N) is 1. The van der Waals surface area contributed by atoms with Crippen molar-refractivity contribution in [3.8, 4) is 0 Å². The summed E-state index contributed by atoms with van der Waals surface area (Å²) in [5.41, 5.74) is -0.511. The average molecular weight is 215 g/mol. The van der Waals surface area contributed by atoms with Gasteiger partial charge in [0.05, 0.1) is 11.7 Å². The third-order valence-corrected chi connectivity index (χ3v) is 3.97. The maximum Gasteiger partial charge on any atom is 0.0741 e. The summed E-state index contributed by atoms with van der Waals surface area (Å²) in [4.78, 5) is 0. The lowest BCUT2D eigenvalue weighted by molar-refractivity contribution is -0.107. The van der Waals surface area contributed by atoms with Crippen LogP contribution in [0.5, 0.6) is 0 Å². The van der Waals surface area contributed by atoms with Crippen molar-refractivity contribution >= 4 is 0 Å². The summed E-state index contributed by atoms with van der Waals surface area (Å²) in [5.74, 6) is 0. The summed E-state index contributed by atoms with van der Waals surface area (Å²) in [6.45, 7) is 10.1. The van der Waals surface area contributed by atoms with E-state index in [9.17, 15) is 5.11 Å². The molecule has 90 valence electrons. The molecule has 2 N–H and O–H groups in total. The first-order valence-electron chi connectivity index (χ1n) is 5.70. The minimum Gasteiger partial charge on any atom is -0.389 e. The van der Waals surface area contributed by atoms with Crippen molar-refractivity contribution in [1.82, 2.24) is 5.32 Å². The largest absolute Gasteiger partial charge is 0.389 e. The summed E-state index contributed by atoms with van der Waals surface area (Å²) in [5, 5.41) is 13.3. The highest BCUT2D eigenvalue weighted by molar-refractivity contribution is 5.04. The molecule has 1 aliphatic carbocycles.